The van der Waals surface area contributed by atoms with Gasteiger partial charge in [0.15, 0.2) is 0 Å². The number of phenols is 1. The van der Waals surface area contributed by atoms with E-state index in [9.17, 15) is 23.1 Å². The van der Waals surface area contributed by atoms with E-state index < -0.39 is 18.8 Å². The minimum Gasteiger partial charge on any atom is -0.508 e. The Morgan fingerprint density at radius 3 is 2.53 bits per heavy atom. The van der Waals surface area contributed by atoms with Gasteiger partial charge in [-0.3, -0.25) is 0 Å². The van der Waals surface area contributed by atoms with Gasteiger partial charge in [0.1, 0.15) is 12.3 Å². The zero-order valence-corrected chi connectivity index (χ0v) is 10.5. The zero-order chi connectivity index (χ0) is 13.1. The van der Waals surface area contributed by atoms with Crippen molar-refractivity contribution >= 4 is 34.3 Å². The van der Waals surface area contributed by atoms with Gasteiger partial charge in [-0.05, 0) is 34.7 Å². The number of carbonyl (C=O) groups excluding carboxylic acids is 1. The molecule has 94 valence electrons. The van der Waals surface area contributed by atoms with Crippen molar-refractivity contribution < 1.29 is 23.1 Å². The lowest BCUT2D eigenvalue weighted by molar-refractivity contribution is -0.122. The molecule has 0 aliphatic rings. The van der Waals surface area contributed by atoms with E-state index in [1.165, 1.54) is 18.2 Å². The van der Waals surface area contributed by atoms with Gasteiger partial charge >= 0.3 is 12.2 Å². The van der Waals surface area contributed by atoms with Gasteiger partial charge in [0, 0.05) is 15.3 Å². The summed E-state index contributed by atoms with van der Waals surface area (Å²) in [5.74, 6) is -0.0805. The number of rotatable bonds is 2. The number of hydrogen-bond donors (Lipinski definition) is 3. The molecule has 3 N–H and O–H groups in total. The maximum atomic E-state index is 11.8. The number of carbonyl (C=O) groups is 1. The normalized spacial score (nSPS) is 11.1. The minimum atomic E-state index is -4.45. The first kappa shape index (κ1) is 13.9. The Bertz CT molecular complexity index is 403. The summed E-state index contributed by atoms with van der Waals surface area (Å²) in [6.45, 7) is -1.41. The lowest BCUT2D eigenvalue weighted by atomic mass is 10.3. The number of phenolic OH excluding ortho intramolecular Hbond substituents is 1. The van der Waals surface area contributed by atoms with Crippen LogP contribution in [0.3, 0.4) is 0 Å². The van der Waals surface area contributed by atoms with E-state index in [1.54, 1.807) is 5.32 Å². The third-order valence-corrected chi connectivity index (χ3v) is 2.21. The molecule has 0 aliphatic carbocycles. The van der Waals surface area contributed by atoms with E-state index in [4.69, 9.17) is 0 Å². The molecule has 0 atom stereocenters. The molecular formula is C9H8F3IN2O2. The number of alkyl halides is 3. The highest BCUT2D eigenvalue weighted by molar-refractivity contribution is 14.1. The van der Waals surface area contributed by atoms with Gasteiger partial charge in [0.05, 0.1) is 0 Å². The molecule has 0 spiro atoms. The Hall–Kier alpha value is -1.19. The summed E-state index contributed by atoms with van der Waals surface area (Å²) < 4.78 is 36.0. The second kappa shape index (κ2) is 5.43. The van der Waals surface area contributed by atoms with Crippen molar-refractivity contribution in [2.75, 3.05) is 11.9 Å². The third-order valence-electron chi connectivity index (χ3n) is 1.59. The van der Waals surface area contributed by atoms with E-state index >= 15 is 0 Å². The van der Waals surface area contributed by atoms with Gasteiger partial charge in [-0.1, -0.05) is 0 Å². The van der Waals surface area contributed by atoms with E-state index in [2.05, 4.69) is 5.32 Å². The van der Waals surface area contributed by atoms with Crippen LogP contribution in [-0.4, -0.2) is 23.9 Å². The van der Waals surface area contributed by atoms with Crippen LogP contribution in [0.4, 0.5) is 23.7 Å². The van der Waals surface area contributed by atoms with Gasteiger partial charge in [0.2, 0.25) is 0 Å². The second-order valence-electron chi connectivity index (χ2n) is 3.12. The fraction of sp³-hybridized carbons (Fsp3) is 0.222. The fourth-order valence-corrected chi connectivity index (χ4v) is 1.66. The van der Waals surface area contributed by atoms with E-state index in [0.29, 0.717) is 3.57 Å². The first-order valence-electron chi connectivity index (χ1n) is 4.37. The topological polar surface area (TPSA) is 61.4 Å². The Kier molecular flexibility index (Phi) is 4.43. The molecule has 1 aromatic rings. The molecule has 0 saturated heterocycles. The Morgan fingerprint density at radius 1 is 1.35 bits per heavy atom. The lowest BCUT2D eigenvalue weighted by Crippen LogP contribution is -2.36. The Labute approximate surface area is 108 Å². The highest BCUT2D eigenvalue weighted by atomic mass is 127. The van der Waals surface area contributed by atoms with Crippen LogP contribution in [0.5, 0.6) is 5.75 Å². The van der Waals surface area contributed by atoms with Crippen molar-refractivity contribution in [2.24, 2.45) is 0 Å². The second-order valence-corrected chi connectivity index (χ2v) is 4.37. The molecule has 1 rings (SSSR count). The van der Waals surface area contributed by atoms with Crippen LogP contribution in [0, 0.1) is 3.57 Å². The molecule has 4 nitrogen and oxygen atoms in total. The first-order chi connectivity index (χ1) is 7.76. The number of hydrogen-bond acceptors (Lipinski definition) is 2. The Morgan fingerprint density at radius 2 is 2.00 bits per heavy atom. The molecule has 0 heterocycles. The number of urea groups is 1. The van der Waals surface area contributed by atoms with E-state index in [-0.39, 0.29) is 11.4 Å². The SMILES string of the molecule is O=C(NCC(F)(F)F)Nc1cc(O)cc(I)c1. The average Bonchev–Trinajstić information content (AvgIpc) is 2.11. The largest absolute Gasteiger partial charge is 0.508 e. The van der Waals surface area contributed by atoms with Crippen molar-refractivity contribution in [3.63, 3.8) is 0 Å². The van der Waals surface area contributed by atoms with Crippen molar-refractivity contribution in [1.82, 2.24) is 5.32 Å². The summed E-state index contributed by atoms with van der Waals surface area (Å²) >= 11 is 1.90. The highest BCUT2D eigenvalue weighted by Crippen LogP contribution is 2.21. The van der Waals surface area contributed by atoms with Crippen molar-refractivity contribution in [2.45, 2.75) is 6.18 Å². The summed E-state index contributed by atoms with van der Waals surface area (Å²) in [7, 11) is 0. The maximum absolute atomic E-state index is 11.8. The van der Waals surface area contributed by atoms with Crippen molar-refractivity contribution in [3.8, 4) is 5.75 Å². The van der Waals surface area contributed by atoms with Gasteiger partial charge in [-0.25, -0.2) is 4.79 Å². The molecule has 17 heavy (non-hydrogen) atoms. The van der Waals surface area contributed by atoms with Gasteiger partial charge in [0.25, 0.3) is 0 Å². The molecule has 0 saturated carbocycles. The molecule has 0 radical (unpaired) electrons. The molecule has 0 bridgehead atoms. The summed E-state index contributed by atoms with van der Waals surface area (Å²) in [5, 5.41) is 13.0. The molecule has 0 unspecified atom stereocenters. The lowest BCUT2D eigenvalue weighted by Gasteiger charge is -2.10. The van der Waals surface area contributed by atoms with Gasteiger partial charge in [-0.2, -0.15) is 13.2 Å². The molecule has 0 fully saturated rings. The van der Waals surface area contributed by atoms with Crippen LogP contribution in [0.1, 0.15) is 0 Å². The average molecular weight is 360 g/mol. The predicted octanol–water partition coefficient (Wildman–Crippen LogP) is 2.68. The first-order valence-corrected chi connectivity index (χ1v) is 5.45. The number of amides is 2. The van der Waals surface area contributed by atoms with Gasteiger partial charge < -0.3 is 15.7 Å². The molecule has 0 aromatic heterocycles. The molecule has 2 amide bonds. The number of aromatic hydroxyl groups is 1. The number of anilines is 1. The van der Waals surface area contributed by atoms with Crippen molar-refractivity contribution in [3.05, 3.63) is 21.8 Å². The number of benzene rings is 1. The number of nitrogens with one attached hydrogen (secondary N) is 2. The fourth-order valence-electron chi connectivity index (χ4n) is 1.00. The summed E-state index contributed by atoms with van der Waals surface area (Å²) in [6.07, 6.45) is -4.45. The van der Waals surface area contributed by atoms with E-state index in [0.717, 1.165) is 0 Å². The molecule has 1 aromatic carbocycles. The summed E-state index contributed by atoms with van der Waals surface area (Å²) in [6, 6.07) is 3.20. The van der Waals surface area contributed by atoms with Crippen LogP contribution in [-0.2, 0) is 0 Å². The standard InChI is InChI=1S/C9H8F3IN2O2/c10-9(11,12)4-14-8(17)15-6-1-5(13)2-7(16)3-6/h1-3,16H,4H2,(H2,14,15,17). The zero-order valence-electron chi connectivity index (χ0n) is 8.31. The molecule has 8 heteroatoms. The molecular weight excluding hydrogens is 352 g/mol. The smallest absolute Gasteiger partial charge is 0.405 e. The monoisotopic (exact) mass is 360 g/mol. The Balaban J connectivity index is 2.56. The number of halogens is 4. The maximum Gasteiger partial charge on any atom is 0.405 e. The van der Waals surface area contributed by atoms with Gasteiger partial charge in [-0.15, -0.1) is 0 Å². The minimum absolute atomic E-state index is 0.0805. The third kappa shape index (κ3) is 5.61. The van der Waals surface area contributed by atoms with Crippen LogP contribution < -0.4 is 10.6 Å². The van der Waals surface area contributed by atoms with Crippen LogP contribution in [0.15, 0.2) is 18.2 Å². The quantitative estimate of drug-likeness (QED) is 0.711. The highest BCUT2D eigenvalue weighted by Gasteiger charge is 2.27. The van der Waals surface area contributed by atoms with E-state index in [1.807, 2.05) is 22.6 Å². The van der Waals surface area contributed by atoms with Crippen LogP contribution in [0.2, 0.25) is 0 Å². The van der Waals surface area contributed by atoms with Crippen LogP contribution in [0.25, 0.3) is 0 Å². The summed E-state index contributed by atoms with van der Waals surface area (Å²) in [5.41, 5.74) is 0.217. The van der Waals surface area contributed by atoms with Crippen molar-refractivity contribution in [1.29, 1.82) is 0 Å². The molecule has 0 aliphatic heterocycles. The van der Waals surface area contributed by atoms with Crippen LogP contribution >= 0.6 is 22.6 Å². The summed E-state index contributed by atoms with van der Waals surface area (Å²) in [4.78, 5) is 11.1. The predicted molar refractivity (Wildman–Crippen MR) is 63.9 cm³/mol.